The Bertz CT molecular complexity index is 125. The van der Waals surface area contributed by atoms with E-state index < -0.39 is 0 Å². The van der Waals surface area contributed by atoms with E-state index in [0.29, 0.717) is 0 Å². The van der Waals surface area contributed by atoms with Crippen LogP contribution < -0.4 is 0 Å². The van der Waals surface area contributed by atoms with Crippen molar-refractivity contribution in [3.8, 4) is 0 Å². The second-order valence-electron chi connectivity index (χ2n) is 4.77. The molecule has 0 N–H and O–H groups in total. The summed E-state index contributed by atoms with van der Waals surface area (Å²) in [6.07, 6.45) is 0. The maximum absolute atomic E-state index is 2.71. The molecule has 5 atom stereocenters. The lowest BCUT2D eigenvalue weighted by molar-refractivity contribution is 0.981. The molecule has 5 unspecified atom stereocenters. The Morgan fingerprint density at radius 2 is 1.73 bits per heavy atom. The van der Waals surface area contributed by atoms with Gasteiger partial charge in [-0.05, 0) is 0 Å². The summed E-state index contributed by atoms with van der Waals surface area (Å²) in [7, 11) is 2.85. The third-order valence-corrected chi connectivity index (χ3v) is 47.0. The van der Waals surface area contributed by atoms with Crippen molar-refractivity contribution >= 4 is 44.9 Å². The highest BCUT2D eigenvalue weighted by Gasteiger charge is 2.35. The van der Waals surface area contributed by atoms with Gasteiger partial charge in [-0.3, -0.25) is 0 Å². The predicted octanol–water partition coefficient (Wildman–Crippen LogP) is -1.43. The summed E-state index contributed by atoms with van der Waals surface area (Å²) in [6, 6.07) is 1.77. The molecule has 0 nitrogen and oxygen atoms in total. The van der Waals surface area contributed by atoms with Gasteiger partial charge >= 0.3 is 0 Å². The standard InChI is InChI=1S/C6H22Si5/c1-9-4-5(7)6(8)10(2)11(9)3/h5-6,9-11H,4H2,1-3,7-8H3. The fraction of sp³-hybridized carbons (Fsp3) is 1.00. The third kappa shape index (κ3) is 2.06. The Morgan fingerprint density at radius 1 is 1.18 bits per heavy atom. The lowest BCUT2D eigenvalue weighted by Crippen LogP contribution is -2.51. The molecule has 0 spiro atoms. The van der Waals surface area contributed by atoms with Crippen molar-refractivity contribution in [2.45, 2.75) is 36.4 Å². The van der Waals surface area contributed by atoms with Crippen LogP contribution >= 0.6 is 0 Å². The Kier molecular flexibility index (Phi) is 3.57. The van der Waals surface area contributed by atoms with Crippen LogP contribution in [-0.4, -0.2) is 44.9 Å². The van der Waals surface area contributed by atoms with Crippen molar-refractivity contribution in [1.82, 2.24) is 0 Å². The van der Waals surface area contributed by atoms with Gasteiger partial charge in [0.15, 0.2) is 0 Å². The average molecular weight is 235 g/mol. The van der Waals surface area contributed by atoms with Crippen LogP contribution in [0.15, 0.2) is 0 Å². The smallest absolute Gasteiger partial charge is 0.0218 e. The molecule has 1 fully saturated rings. The molecule has 5 heteroatoms. The van der Waals surface area contributed by atoms with Crippen LogP contribution in [-0.2, 0) is 0 Å². The van der Waals surface area contributed by atoms with Crippen LogP contribution in [0, 0.1) is 0 Å². The Balaban J connectivity index is 2.63. The molecule has 1 heterocycles. The Labute approximate surface area is 81.4 Å². The number of rotatable bonds is 0. The lowest BCUT2D eigenvalue weighted by Gasteiger charge is -2.39. The summed E-state index contributed by atoms with van der Waals surface area (Å²) in [5, 5.41) is 1.37. The summed E-state index contributed by atoms with van der Waals surface area (Å²) >= 11 is 0. The van der Waals surface area contributed by atoms with Gasteiger partial charge < -0.3 is 0 Å². The van der Waals surface area contributed by atoms with Crippen molar-refractivity contribution in [1.29, 1.82) is 0 Å². The van der Waals surface area contributed by atoms with Crippen molar-refractivity contribution < 1.29 is 0 Å². The molecule has 1 aliphatic heterocycles. The largest absolute Gasteiger partial charge is 0.0761 e. The minimum atomic E-state index is -0.101. The highest BCUT2D eigenvalue weighted by molar-refractivity contribution is 7.51. The summed E-state index contributed by atoms with van der Waals surface area (Å²) in [4.78, 5) is 0. The van der Waals surface area contributed by atoms with Gasteiger partial charge in [0.1, 0.15) is 0 Å². The van der Waals surface area contributed by atoms with E-state index in [9.17, 15) is 0 Å². The van der Waals surface area contributed by atoms with Crippen LogP contribution in [0.4, 0.5) is 0 Å². The van der Waals surface area contributed by atoms with E-state index in [1.165, 1.54) is 20.9 Å². The first-order valence-electron chi connectivity index (χ1n) is 5.04. The molecule has 11 heavy (non-hydrogen) atoms. The molecule has 1 rings (SSSR count). The first-order chi connectivity index (χ1) is 5.04. The molecular formula is C6H22Si5. The van der Waals surface area contributed by atoms with Gasteiger partial charge in [0.2, 0.25) is 0 Å². The van der Waals surface area contributed by atoms with E-state index in [0.717, 1.165) is 0 Å². The lowest BCUT2D eigenvalue weighted by atomic mass is 10.5. The van der Waals surface area contributed by atoms with Gasteiger partial charge in [0, 0.05) is 44.9 Å². The van der Waals surface area contributed by atoms with Crippen LogP contribution in [0.2, 0.25) is 36.4 Å². The number of hydrogen-bond donors (Lipinski definition) is 0. The second-order valence-corrected chi connectivity index (χ2v) is 31.0. The SMILES string of the molecule is C[SiH]1CC([SiH3])C([SiH3])[SiH](C)[SiH]1C. The normalized spacial score (nSPS) is 53.2. The molecular weight excluding hydrogens is 212 g/mol. The molecule has 0 aromatic carbocycles. The van der Waals surface area contributed by atoms with E-state index in [1.54, 1.807) is 16.3 Å². The summed E-state index contributed by atoms with van der Waals surface area (Å²) in [5.41, 5.74) is 1.30. The summed E-state index contributed by atoms with van der Waals surface area (Å²) in [5.74, 6) is 0. The summed E-state index contributed by atoms with van der Waals surface area (Å²) in [6.45, 7) is 8.10. The highest BCUT2D eigenvalue weighted by Crippen LogP contribution is 2.33. The fourth-order valence-electron chi connectivity index (χ4n) is 2.53. The van der Waals surface area contributed by atoms with Gasteiger partial charge in [-0.25, -0.2) is 0 Å². The maximum atomic E-state index is 2.71. The minimum absolute atomic E-state index is 0.0444. The quantitative estimate of drug-likeness (QED) is 0.451. The molecule has 0 aliphatic carbocycles. The Hall–Kier alpha value is 1.08. The van der Waals surface area contributed by atoms with E-state index in [2.05, 4.69) is 19.6 Å². The molecule has 1 saturated heterocycles. The first kappa shape index (κ1) is 10.2. The third-order valence-electron chi connectivity index (χ3n) is 4.20. The molecule has 0 aromatic rings. The molecule has 66 valence electrons. The van der Waals surface area contributed by atoms with Gasteiger partial charge in [-0.15, -0.1) is 0 Å². The van der Waals surface area contributed by atoms with Gasteiger partial charge in [-0.1, -0.05) is 36.4 Å². The molecule has 1 aliphatic rings. The number of hydrogen-bond acceptors (Lipinski definition) is 0. The highest BCUT2D eigenvalue weighted by atomic mass is 29.6. The van der Waals surface area contributed by atoms with E-state index >= 15 is 0 Å². The first-order valence-corrected chi connectivity index (χ1v) is 17.6. The van der Waals surface area contributed by atoms with Gasteiger partial charge in [0.05, 0.1) is 0 Å². The van der Waals surface area contributed by atoms with Crippen LogP contribution in [0.25, 0.3) is 0 Å². The predicted molar refractivity (Wildman–Crippen MR) is 71.2 cm³/mol. The summed E-state index contributed by atoms with van der Waals surface area (Å²) < 4.78 is 0. The van der Waals surface area contributed by atoms with Crippen LogP contribution in [0.5, 0.6) is 0 Å². The maximum Gasteiger partial charge on any atom is 0.0218 e. The molecule has 0 bridgehead atoms. The van der Waals surface area contributed by atoms with Crippen molar-refractivity contribution in [3.05, 3.63) is 0 Å². The zero-order valence-electron chi connectivity index (χ0n) is 8.59. The van der Waals surface area contributed by atoms with Crippen molar-refractivity contribution in [3.63, 3.8) is 0 Å². The fourth-order valence-corrected chi connectivity index (χ4v) is 49.0. The second kappa shape index (κ2) is 3.86. The van der Waals surface area contributed by atoms with E-state index in [4.69, 9.17) is 0 Å². The van der Waals surface area contributed by atoms with Crippen LogP contribution in [0.1, 0.15) is 0 Å². The monoisotopic (exact) mass is 234 g/mol. The average Bonchev–Trinajstić information content (AvgIpc) is 1.97. The topological polar surface area (TPSA) is 0 Å². The zero-order chi connectivity index (χ0) is 8.59. The van der Waals surface area contributed by atoms with Crippen LogP contribution in [0.3, 0.4) is 0 Å². The molecule has 0 amide bonds. The molecule has 0 saturated carbocycles. The Morgan fingerprint density at radius 3 is 2.27 bits per heavy atom. The van der Waals surface area contributed by atoms with Gasteiger partial charge in [0.25, 0.3) is 0 Å². The van der Waals surface area contributed by atoms with E-state index in [1.807, 2.05) is 0 Å². The molecule has 0 aromatic heterocycles. The zero-order valence-corrected chi connectivity index (χ0v) is 16.1. The minimum Gasteiger partial charge on any atom is -0.0761 e. The van der Waals surface area contributed by atoms with Gasteiger partial charge in [-0.2, -0.15) is 0 Å². The van der Waals surface area contributed by atoms with Crippen molar-refractivity contribution in [2.24, 2.45) is 0 Å². The molecule has 0 radical (unpaired) electrons. The van der Waals surface area contributed by atoms with Crippen molar-refractivity contribution in [2.75, 3.05) is 0 Å². The van der Waals surface area contributed by atoms with E-state index in [-0.39, 0.29) is 24.5 Å².